The van der Waals surface area contributed by atoms with E-state index in [4.69, 9.17) is 9.60 Å². The maximum atomic E-state index is 8.13. The third-order valence-electron chi connectivity index (χ3n) is 14.6. The fourth-order valence-corrected chi connectivity index (χ4v) is 12.7. The maximum Gasteiger partial charge on any atom is 0.0308 e. The summed E-state index contributed by atoms with van der Waals surface area (Å²) in [4.78, 5) is 0. The minimum Gasteiger partial charge on any atom is -0.0628 e. The van der Waals surface area contributed by atoms with E-state index in [0.29, 0.717) is 33.0 Å². The van der Waals surface area contributed by atoms with E-state index in [9.17, 15) is 0 Å². The summed E-state index contributed by atoms with van der Waals surface area (Å²) in [5.41, 5.74) is 1.84. The van der Waals surface area contributed by atoms with E-state index in [-0.39, 0.29) is 38.9 Å². The third-order valence-corrected chi connectivity index (χ3v) is 14.6. The summed E-state index contributed by atoms with van der Waals surface area (Å²) < 4.78 is 55.4. The van der Waals surface area contributed by atoms with E-state index in [0.717, 1.165) is 43.4 Å². The molecule has 0 amide bonds. The molecule has 0 nitrogen and oxygen atoms in total. The Labute approximate surface area is 485 Å². The number of hydrogen-bond acceptors (Lipinski definition) is 0. The van der Waals surface area contributed by atoms with Gasteiger partial charge in [0.05, 0.1) is 0 Å². The van der Waals surface area contributed by atoms with Crippen LogP contribution in [0, 0.1) is 89.6 Å². The van der Waals surface area contributed by atoms with Gasteiger partial charge in [0.25, 0.3) is 0 Å². The second-order valence-corrected chi connectivity index (χ2v) is 35.9. The first-order valence-corrected chi connectivity index (χ1v) is 32.0. The number of hydrogen-bond donors (Lipinski definition) is 0. The fraction of sp³-hybridized carbons (Fsp3) is 1.00. The minimum absolute atomic E-state index is 0.0903. The van der Waals surface area contributed by atoms with Gasteiger partial charge in [0.1, 0.15) is 0 Å². The molecule has 0 aromatic heterocycles. The van der Waals surface area contributed by atoms with Crippen molar-refractivity contribution in [2.24, 2.45) is 89.6 Å². The van der Waals surface area contributed by atoms with Gasteiger partial charge in [-0.15, -0.1) is 0 Å². The summed E-state index contributed by atoms with van der Waals surface area (Å²) >= 11 is 0. The molecule has 5 saturated carbocycles. The molecule has 5 rings (SSSR count). The largest absolute Gasteiger partial charge is 0.0628 e. The highest BCUT2D eigenvalue weighted by Gasteiger charge is 2.29. The Bertz CT molecular complexity index is 1540. The molecule has 0 spiro atoms. The van der Waals surface area contributed by atoms with E-state index in [2.05, 4.69) is 125 Å². The molecule has 0 aromatic carbocycles. The normalized spacial score (nSPS) is 21.8. The second-order valence-electron chi connectivity index (χ2n) is 35.9. The Kier molecular flexibility index (Phi) is 30.6. The lowest BCUT2D eigenvalue weighted by Crippen LogP contribution is -2.22. The molecule has 0 heteroatoms. The SMILES string of the molecule is CC(C)(C)C1CCCC1.CC(C)(C)C1CCCCC1.CC(C)(C)CC(C)(C)C.CC(C)(C)CC1CCCC1.[2H]C([2H])(C(C)(C)C)C(C)(C)C.[2H]C([2H])(C(C)C)C(C)(C)C.[2H]C([2H])(C1CCCC1)C(C)(C)C.[2H]C1(C(C)(C)C)CCCC1. The number of rotatable bonds is 3. The Morgan fingerprint density at radius 1 is 0.324 bits per heavy atom. The van der Waals surface area contributed by atoms with E-state index in [1.807, 2.05) is 96.9 Å². The van der Waals surface area contributed by atoms with Crippen LogP contribution in [-0.4, -0.2) is 0 Å². The van der Waals surface area contributed by atoms with Crippen LogP contribution in [0.2, 0.25) is 0 Å². The Morgan fingerprint density at radius 3 is 0.797 bits per heavy atom. The average Bonchev–Trinajstić information content (AvgIpc) is 4.09. The first-order valence-electron chi connectivity index (χ1n) is 35.5. The molecule has 5 aliphatic rings. The van der Waals surface area contributed by atoms with Crippen molar-refractivity contribution in [3.63, 3.8) is 0 Å². The highest BCUT2D eigenvalue weighted by atomic mass is 14.3. The summed E-state index contributed by atoms with van der Waals surface area (Å²) in [7, 11) is 0. The molecule has 0 radical (unpaired) electrons. The first-order chi connectivity index (χ1) is 35.5. The zero-order chi connectivity index (χ0) is 65.2. The molecule has 74 heavy (non-hydrogen) atoms. The zero-order valence-electron chi connectivity index (χ0n) is 65.2. The van der Waals surface area contributed by atoms with Crippen LogP contribution in [0.1, 0.15) is 398 Å². The van der Waals surface area contributed by atoms with Gasteiger partial charge in [0, 0.05) is 9.60 Å². The van der Waals surface area contributed by atoms with Crippen molar-refractivity contribution < 1.29 is 9.60 Å². The van der Waals surface area contributed by atoms with Crippen LogP contribution >= 0.6 is 0 Å². The van der Waals surface area contributed by atoms with Crippen molar-refractivity contribution in [2.75, 3.05) is 0 Å². The standard InChI is InChI=1S/3C10H20.2C9H18.2C9H20.C8H18/c2*1-10(2,3)8-9-6-4-5-7-9;1-10(2,3)9-7-5-4-6-8-9;2*1-9(2,3)8-6-4-5-7-8;2*1-8(2,3)7-9(4,5)6;1-7(2)6-8(3,4)5/h3*9H,4-8H2,1-3H3;2*8H,4-7H2,1-3H3;2*7H2,1-6H3;7H,6H2,1-5H3/i8D2;;;8D;;7D2;;6D2. The summed E-state index contributed by atoms with van der Waals surface area (Å²) in [6.07, 6.45) is 28.2. The van der Waals surface area contributed by atoms with Gasteiger partial charge in [-0.2, -0.15) is 0 Å². The van der Waals surface area contributed by atoms with Crippen molar-refractivity contribution in [1.82, 2.24) is 0 Å². The molecule has 0 atom stereocenters. The quantitative estimate of drug-likeness (QED) is 0.264. The lowest BCUT2D eigenvalue weighted by Gasteiger charge is -2.33. The molecule has 0 bridgehead atoms. The van der Waals surface area contributed by atoms with Gasteiger partial charge in [-0.25, -0.2) is 0 Å². The van der Waals surface area contributed by atoms with E-state index < -0.39 is 19.1 Å². The summed E-state index contributed by atoms with van der Waals surface area (Å²) in [5, 5.41) is 0. The molecular formula is C74H154. The topological polar surface area (TPSA) is 0 Å². The van der Waals surface area contributed by atoms with E-state index in [1.54, 1.807) is 0 Å². The Hall–Kier alpha value is 0. The smallest absolute Gasteiger partial charge is 0.0308 e. The lowest BCUT2D eigenvalue weighted by atomic mass is 9.72. The maximum absolute atomic E-state index is 8.13. The van der Waals surface area contributed by atoms with Gasteiger partial charge in [-0.1, -0.05) is 318 Å². The predicted octanol–water partition coefficient (Wildman–Crippen LogP) is 27.3. The lowest BCUT2D eigenvalue weighted by molar-refractivity contribution is 0.180. The molecule has 450 valence electrons. The van der Waals surface area contributed by atoms with Gasteiger partial charge in [-0.05, 0) is 160 Å². The Morgan fingerprint density at radius 2 is 0.622 bits per heavy atom. The van der Waals surface area contributed by atoms with E-state index >= 15 is 0 Å². The van der Waals surface area contributed by atoms with Crippen molar-refractivity contribution in [3.8, 4) is 0 Å². The summed E-state index contributed by atoms with van der Waals surface area (Å²) in [6, 6.07) is 0. The van der Waals surface area contributed by atoms with Crippen molar-refractivity contribution in [1.29, 1.82) is 0 Å². The van der Waals surface area contributed by atoms with Crippen molar-refractivity contribution >= 4 is 0 Å². The van der Waals surface area contributed by atoms with Crippen LogP contribution in [0.5, 0.6) is 0 Å². The fourth-order valence-electron chi connectivity index (χ4n) is 12.7. The van der Waals surface area contributed by atoms with Crippen LogP contribution in [-0.2, 0) is 0 Å². The molecule has 5 fully saturated rings. The molecular weight excluding hydrogens is 889 g/mol. The molecule has 0 aliphatic heterocycles. The molecule has 5 aliphatic carbocycles. The summed E-state index contributed by atoms with van der Waals surface area (Å²) in [6.45, 7) is 68.9. The molecule has 0 heterocycles. The van der Waals surface area contributed by atoms with Gasteiger partial charge in [0.2, 0.25) is 0 Å². The molecule has 0 aromatic rings. The van der Waals surface area contributed by atoms with E-state index in [1.165, 1.54) is 122 Å². The van der Waals surface area contributed by atoms with Crippen molar-refractivity contribution in [3.05, 3.63) is 0 Å². The van der Waals surface area contributed by atoms with Gasteiger partial charge in [-0.3, -0.25) is 0 Å². The van der Waals surface area contributed by atoms with Gasteiger partial charge < -0.3 is 0 Å². The highest BCUT2D eigenvalue weighted by Crippen LogP contribution is 2.41. The van der Waals surface area contributed by atoms with Crippen LogP contribution in [0.15, 0.2) is 0 Å². The van der Waals surface area contributed by atoms with Crippen LogP contribution in [0.3, 0.4) is 0 Å². The second kappa shape index (κ2) is 35.0. The molecule has 0 saturated heterocycles. The third kappa shape index (κ3) is 55.3. The van der Waals surface area contributed by atoms with Crippen LogP contribution in [0.4, 0.5) is 0 Å². The predicted molar refractivity (Wildman–Crippen MR) is 347 cm³/mol. The van der Waals surface area contributed by atoms with Crippen LogP contribution in [0.25, 0.3) is 0 Å². The zero-order valence-corrected chi connectivity index (χ0v) is 58.2. The van der Waals surface area contributed by atoms with Crippen LogP contribution < -0.4 is 0 Å². The summed E-state index contributed by atoms with van der Waals surface area (Å²) in [5.74, 6) is 3.34. The minimum atomic E-state index is -1.13. The average molecular weight is 1050 g/mol. The highest BCUT2D eigenvalue weighted by molar-refractivity contribution is 4.81. The van der Waals surface area contributed by atoms with Crippen molar-refractivity contribution in [2.45, 2.75) is 388 Å². The first kappa shape index (κ1) is 64.8. The molecule has 0 N–H and O–H groups in total. The monoisotopic (exact) mass is 1050 g/mol. The molecule has 0 unspecified atom stereocenters. The van der Waals surface area contributed by atoms with Gasteiger partial charge in [0.15, 0.2) is 0 Å². The van der Waals surface area contributed by atoms with Gasteiger partial charge >= 0.3 is 0 Å². The Balaban J connectivity index is -0.000000860.